The van der Waals surface area contributed by atoms with Gasteiger partial charge in [0.25, 0.3) is 0 Å². The summed E-state index contributed by atoms with van der Waals surface area (Å²) in [7, 11) is -3.57. The summed E-state index contributed by atoms with van der Waals surface area (Å²) < 4.78 is 27.7. The Morgan fingerprint density at radius 1 is 1.38 bits per heavy atom. The molecule has 3 rings (SSSR count). The number of hydrogen-bond acceptors (Lipinski definition) is 5. The van der Waals surface area contributed by atoms with Crippen molar-refractivity contribution in [3.05, 3.63) is 30.5 Å². The highest BCUT2D eigenvalue weighted by Crippen LogP contribution is 2.27. The molecule has 0 aliphatic carbocycles. The van der Waals surface area contributed by atoms with Crippen LogP contribution in [0.5, 0.6) is 0 Å². The van der Waals surface area contributed by atoms with Gasteiger partial charge in [-0.3, -0.25) is 4.98 Å². The molecule has 21 heavy (non-hydrogen) atoms. The van der Waals surface area contributed by atoms with Crippen molar-refractivity contribution in [2.75, 3.05) is 23.8 Å². The molecule has 1 unspecified atom stereocenters. The molecule has 0 saturated carbocycles. The number of anilines is 1. The van der Waals surface area contributed by atoms with Crippen molar-refractivity contribution in [3.63, 3.8) is 0 Å². The first kappa shape index (κ1) is 14.6. The normalized spacial score (nSPS) is 19.1. The summed E-state index contributed by atoms with van der Waals surface area (Å²) in [6.07, 6.45) is 2.64. The second-order valence-electron chi connectivity index (χ2n) is 5.13. The average Bonchev–Trinajstić information content (AvgIpc) is 2.99. The third-order valence-corrected chi connectivity index (χ3v) is 6.33. The van der Waals surface area contributed by atoms with E-state index in [1.807, 2.05) is 11.8 Å². The average molecular weight is 323 g/mol. The largest absolute Gasteiger partial charge is 0.398 e. The number of benzene rings is 1. The topological polar surface area (TPSA) is 85.1 Å². The molecule has 0 radical (unpaired) electrons. The number of nitrogens with zero attached hydrogens (tertiary/aromatic N) is 1. The van der Waals surface area contributed by atoms with Gasteiger partial charge in [-0.2, -0.15) is 11.8 Å². The number of nitrogen functional groups attached to an aromatic ring is 1. The van der Waals surface area contributed by atoms with Crippen LogP contribution in [0.2, 0.25) is 0 Å². The van der Waals surface area contributed by atoms with E-state index in [4.69, 9.17) is 5.73 Å². The van der Waals surface area contributed by atoms with Gasteiger partial charge in [-0.15, -0.1) is 0 Å². The molecule has 5 nitrogen and oxygen atoms in total. The zero-order chi connectivity index (χ0) is 14.9. The molecule has 1 aromatic heterocycles. The maximum atomic E-state index is 12.5. The van der Waals surface area contributed by atoms with Gasteiger partial charge in [0, 0.05) is 23.8 Å². The number of nitrogens with two attached hydrogens (primary N) is 1. The standard InChI is InChI=1S/C14H17N3O2S2/c15-12-3-4-13(14-11(12)2-1-6-16-14)21(18,19)17-8-10-5-7-20-9-10/h1-4,6,10,17H,5,7-9,15H2. The SMILES string of the molecule is Nc1ccc(S(=O)(=O)NCC2CCSC2)c2ncccc12. The lowest BCUT2D eigenvalue weighted by Gasteiger charge is -2.12. The Balaban J connectivity index is 1.93. The van der Waals surface area contributed by atoms with Crippen LogP contribution in [0, 0.1) is 5.92 Å². The molecule has 0 bridgehead atoms. The Bertz CT molecular complexity index is 756. The number of thioether (sulfide) groups is 1. The lowest BCUT2D eigenvalue weighted by molar-refractivity contribution is 0.546. The van der Waals surface area contributed by atoms with Crippen LogP contribution in [0.25, 0.3) is 10.9 Å². The van der Waals surface area contributed by atoms with E-state index in [9.17, 15) is 8.42 Å². The van der Waals surface area contributed by atoms with Crippen molar-refractivity contribution in [3.8, 4) is 0 Å². The lowest BCUT2D eigenvalue weighted by atomic mass is 10.1. The molecule has 112 valence electrons. The summed E-state index contributed by atoms with van der Waals surface area (Å²) in [5.74, 6) is 2.54. The van der Waals surface area contributed by atoms with E-state index in [2.05, 4.69) is 9.71 Å². The number of nitrogens with one attached hydrogen (secondary N) is 1. The van der Waals surface area contributed by atoms with Crippen LogP contribution < -0.4 is 10.5 Å². The van der Waals surface area contributed by atoms with Crippen molar-refractivity contribution < 1.29 is 8.42 Å². The van der Waals surface area contributed by atoms with Crippen molar-refractivity contribution in [2.45, 2.75) is 11.3 Å². The highest BCUT2D eigenvalue weighted by atomic mass is 32.2. The highest BCUT2D eigenvalue weighted by molar-refractivity contribution is 7.99. The summed E-state index contributed by atoms with van der Waals surface area (Å²) in [5, 5.41) is 0.664. The van der Waals surface area contributed by atoms with Crippen LogP contribution in [0.4, 0.5) is 5.69 Å². The minimum atomic E-state index is -3.57. The molecule has 0 amide bonds. The molecule has 0 spiro atoms. The van der Waals surface area contributed by atoms with Gasteiger partial charge < -0.3 is 5.73 Å². The van der Waals surface area contributed by atoms with Gasteiger partial charge >= 0.3 is 0 Å². The third-order valence-electron chi connectivity index (χ3n) is 3.64. The number of hydrogen-bond donors (Lipinski definition) is 2. The summed E-state index contributed by atoms with van der Waals surface area (Å²) in [6.45, 7) is 0.480. The third kappa shape index (κ3) is 3.00. The van der Waals surface area contributed by atoms with Gasteiger partial charge in [-0.05, 0) is 48.1 Å². The molecule has 3 N–H and O–H groups in total. The van der Waals surface area contributed by atoms with Gasteiger partial charge in [-0.25, -0.2) is 13.1 Å². The van der Waals surface area contributed by atoms with Crippen LogP contribution in [-0.4, -0.2) is 31.5 Å². The first-order valence-electron chi connectivity index (χ1n) is 6.78. The zero-order valence-electron chi connectivity index (χ0n) is 11.5. The van der Waals surface area contributed by atoms with Crippen LogP contribution >= 0.6 is 11.8 Å². The van der Waals surface area contributed by atoms with Crippen LogP contribution in [0.3, 0.4) is 0 Å². The molecule has 1 aromatic carbocycles. The van der Waals surface area contributed by atoms with Crippen molar-refractivity contribution in [1.29, 1.82) is 0 Å². The van der Waals surface area contributed by atoms with Gasteiger partial charge in [0.1, 0.15) is 4.90 Å². The molecule has 1 aliphatic heterocycles. The minimum absolute atomic E-state index is 0.193. The van der Waals surface area contributed by atoms with E-state index in [1.165, 1.54) is 6.07 Å². The minimum Gasteiger partial charge on any atom is -0.398 e. The fourth-order valence-electron chi connectivity index (χ4n) is 2.44. The van der Waals surface area contributed by atoms with E-state index in [1.54, 1.807) is 24.4 Å². The summed E-state index contributed by atoms with van der Waals surface area (Å²) in [6, 6.07) is 6.67. The van der Waals surface area contributed by atoms with Crippen LogP contribution in [0.15, 0.2) is 35.4 Å². The first-order valence-corrected chi connectivity index (χ1v) is 9.42. The molecular weight excluding hydrogens is 306 g/mol. The van der Waals surface area contributed by atoms with Crippen molar-refractivity contribution >= 4 is 38.4 Å². The fourth-order valence-corrected chi connectivity index (χ4v) is 4.99. The first-order chi connectivity index (χ1) is 10.1. The highest BCUT2D eigenvalue weighted by Gasteiger charge is 2.22. The Labute approximate surface area is 128 Å². The molecule has 1 saturated heterocycles. The van der Waals surface area contributed by atoms with Gasteiger partial charge in [-0.1, -0.05) is 0 Å². The second kappa shape index (κ2) is 5.82. The predicted octanol–water partition coefficient (Wildman–Crippen LogP) is 1.85. The molecule has 2 aromatic rings. The predicted molar refractivity (Wildman–Crippen MR) is 86.8 cm³/mol. The molecule has 1 fully saturated rings. The Morgan fingerprint density at radius 3 is 3.00 bits per heavy atom. The molecule has 1 atom stereocenters. The molecular formula is C14H17N3O2S2. The Kier molecular flexibility index (Phi) is 4.05. The van der Waals surface area contributed by atoms with Gasteiger partial charge in [0.15, 0.2) is 0 Å². The van der Waals surface area contributed by atoms with E-state index >= 15 is 0 Å². The van der Waals surface area contributed by atoms with Crippen molar-refractivity contribution in [2.24, 2.45) is 5.92 Å². The summed E-state index contributed by atoms with van der Waals surface area (Å²) in [4.78, 5) is 4.38. The number of rotatable bonds is 4. The molecule has 7 heteroatoms. The summed E-state index contributed by atoms with van der Waals surface area (Å²) >= 11 is 1.87. The van der Waals surface area contributed by atoms with E-state index in [0.717, 1.165) is 17.9 Å². The quantitative estimate of drug-likeness (QED) is 0.839. The maximum Gasteiger partial charge on any atom is 0.242 e. The van der Waals surface area contributed by atoms with Crippen LogP contribution in [0.1, 0.15) is 6.42 Å². The zero-order valence-corrected chi connectivity index (χ0v) is 13.1. The van der Waals surface area contributed by atoms with Gasteiger partial charge in [0.05, 0.1) is 5.52 Å². The Hall–Kier alpha value is -1.31. The maximum absolute atomic E-state index is 12.5. The smallest absolute Gasteiger partial charge is 0.242 e. The lowest BCUT2D eigenvalue weighted by Crippen LogP contribution is -2.29. The van der Waals surface area contributed by atoms with E-state index < -0.39 is 10.0 Å². The monoisotopic (exact) mass is 323 g/mol. The summed E-state index contributed by atoms with van der Waals surface area (Å²) in [5.41, 5.74) is 6.84. The molecule has 2 heterocycles. The second-order valence-corrected chi connectivity index (χ2v) is 8.02. The fraction of sp³-hybridized carbons (Fsp3) is 0.357. The van der Waals surface area contributed by atoms with E-state index in [0.29, 0.717) is 29.1 Å². The Morgan fingerprint density at radius 2 is 2.24 bits per heavy atom. The number of aromatic nitrogens is 1. The van der Waals surface area contributed by atoms with Crippen molar-refractivity contribution in [1.82, 2.24) is 9.71 Å². The van der Waals surface area contributed by atoms with E-state index in [-0.39, 0.29) is 4.90 Å². The van der Waals surface area contributed by atoms with Gasteiger partial charge in [0.2, 0.25) is 10.0 Å². The van der Waals surface area contributed by atoms with Crippen LogP contribution in [-0.2, 0) is 10.0 Å². The molecule has 1 aliphatic rings. The number of pyridine rings is 1. The number of fused-ring (bicyclic) bond motifs is 1. The number of sulfonamides is 1.